The molecule has 0 radical (unpaired) electrons. The van der Waals surface area contributed by atoms with Crippen molar-refractivity contribution in [1.29, 1.82) is 0 Å². The highest BCUT2D eigenvalue weighted by Crippen LogP contribution is 2.37. The summed E-state index contributed by atoms with van der Waals surface area (Å²) in [5.41, 5.74) is 0.631. The molecule has 0 saturated carbocycles. The van der Waals surface area contributed by atoms with E-state index < -0.39 is 60.5 Å². The maximum atomic E-state index is 13.6. The summed E-state index contributed by atoms with van der Waals surface area (Å²) in [6, 6.07) is 20.8. The molecule has 0 aromatic heterocycles. The third-order valence-corrected chi connectivity index (χ3v) is 11.2. The van der Waals surface area contributed by atoms with E-state index in [1.807, 2.05) is 71.0 Å². The molecule has 0 aliphatic heterocycles. The molecule has 0 aliphatic rings. The summed E-state index contributed by atoms with van der Waals surface area (Å²) in [6.07, 6.45) is 0. The van der Waals surface area contributed by atoms with Gasteiger partial charge in [0, 0.05) is 5.41 Å². The lowest BCUT2D eigenvalue weighted by molar-refractivity contribution is 0.131. The van der Waals surface area contributed by atoms with E-state index in [9.17, 15) is 34.4 Å². The molecule has 13 heteroatoms. The predicted octanol–water partition coefficient (Wildman–Crippen LogP) is 7.61. The average molecular weight is 717 g/mol. The van der Waals surface area contributed by atoms with Gasteiger partial charge in [0.2, 0.25) is 9.84 Å². The van der Waals surface area contributed by atoms with Crippen LogP contribution in [0.25, 0.3) is 0 Å². The predicted molar refractivity (Wildman–Crippen MR) is 182 cm³/mol. The van der Waals surface area contributed by atoms with Crippen molar-refractivity contribution >= 4 is 30.1 Å². The highest BCUT2D eigenvalue weighted by molar-refractivity contribution is 7.91. The summed E-state index contributed by atoms with van der Waals surface area (Å²) < 4.78 is 108. The van der Waals surface area contributed by atoms with Gasteiger partial charge in [-0.05, 0) is 97.5 Å². The summed E-state index contributed by atoms with van der Waals surface area (Å²) in [5, 5.41) is 0. The van der Waals surface area contributed by atoms with E-state index in [1.54, 1.807) is 32.9 Å². The fraction of sp³-hybridized carbons (Fsp3) is 0.314. The molecular weight excluding hydrogens is 677 g/mol. The summed E-state index contributed by atoms with van der Waals surface area (Å²) in [4.78, 5) is -2.47. The lowest BCUT2D eigenvalue weighted by atomic mass is 9.78. The third-order valence-electron chi connectivity index (χ3n) is 7.66. The fourth-order valence-electron chi connectivity index (χ4n) is 5.11. The topological polar surface area (TPSA) is 161 Å². The lowest BCUT2D eigenvalue weighted by Gasteiger charge is -2.27. The number of hydrogen-bond donors (Lipinski definition) is 2. The normalized spacial score (nSPS) is 13.3. The van der Waals surface area contributed by atoms with E-state index in [1.165, 1.54) is 12.1 Å². The molecule has 0 atom stereocenters. The van der Waals surface area contributed by atoms with E-state index in [2.05, 4.69) is 0 Å². The van der Waals surface area contributed by atoms with Gasteiger partial charge in [0.1, 0.15) is 27.7 Å². The first-order valence-corrected chi connectivity index (χ1v) is 19.2. The van der Waals surface area contributed by atoms with Gasteiger partial charge in [-0.1, -0.05) is 65.0 Å². The average Bonchev–Trinajstić information content (AvgIpc) is 2.95. The molecule has 4 rings (SSSR count). The van der Waals surface area contributed by atoms with Crippen molar-refractivity contribution in [2.24, 2.45) is 0 Å². The van der Waals surface area contributed by atoms with Crippen LogP contribution in [-0.2, 0) is 40.9 Å². The highest BCUT2D eigenvalue weighted by atomic mass is 32.2. The number of benzene rings is 4. The van der Waals surface area contributed by atoms with Crippen LogP contribution < -0.4 is 9.47 Å². The van der Waals surface area contributed by atoms with Crippen molar-refractivity contribution in [1.82, 2.24) is 0 Å². The van der Waals surface area contributed by atoms with Crippen molar-refractivity contribution in [2.75, 3.05) is 0 Å². The van der Waals surface area contributed by atoms with Crippen molar-refractivity contribution in [2.45, 2.75) is 91.4 Å². The van der Waals surface area contributed by atoms with Crippen LogP contribution in [0.3, 0.4) is 0 Å². The molecular formula is C35H40O10S3. The minimum Gasteiger partial charge on any atom is -0.488 e. The second-order valence-corrected chi connectivity index (χ2v) is 18.7. The number of sulfone groups is 1. The quantitative estimate of drug-likeness (QED) is 0.165. The maximum absolute atomic E-state index is 13.6. The number of ether oxygens (including phenoxy) is 2. The van der Waals surface area contributed by atoms with Crippen molar-refractivity contribution in [3.63, 3.8) is 0 Å². The SMILES string of the molecule is CC(C)(C)Oc1ccc(C(C)(C)c2ccc(Oc3ccc(S(=O)(=O)c4ccc(C(C)(C)C)c(S(=O)(=O)O)c4)cc3S(=O)(=O)O)cc2)cc1. The maximum Gasteiger partial charge on any atom is 0.298 e. The molecule has 0 unspecified atom stereocenters. The first-order chi connectivity index (χ1) is 21.8. The third kappa shape index (κ3) is 8.27. The van der Waals surface area contributed by atoms with Crippen LogP contribution in [0.2, 0.25) is 0 Å². The van der Waals surface area contributed by atoms with Crippen LogP contribution in [0.1, 0.15) is 72.1 Å². The lowest BCUT2D eigenvalue weighted by Crippen LogP contribution is -2.23. The Bertz CT molecular complexity index is 2160. The van der Waals surface area contributed by atoms with E-state index in [4.69, 9.17) is 9.47 Å². The molecule has 258 valence electrons. The monoisotopic (exact) mass is 716 g/mol. The molecule has 0 fully saturated rings. The van der Waals surface area contributed by atoms with Gasteiger partial charge in [0.05, 0.1) is 14.7 Å². The number of rotatable bonds is 9. The van der Waals surface area contributed by atoms with E-state index in [0.29, 0.717) is 0 Å². The molecule has 4 aromatic carbocycles. The zero-order valence-corrected chi connectivity index (χ0v) is 30.4. The van der Waals surface area contributed by atoms with Gasteiger partial charge in [0.15, 0.2) is 0 Å². The van der Waals surface area contributed by atoms with Gasteiger partial charge in [-0.2, -0.15) is 16.8 Å². The number of hydrogen-bond acceptors (Lipinski definition) is 8. The van der Waals surface area contributed by atoms with Crippen LogP contribution in [-0.4, -0.2) is 40.0 Å². The minimum atomic E-state index is -4.99. The van der Waals surface area contributed by atoms with Crippen LogP contribution in [0.4, 0.5) is 0 Å². The smallest absolute Gasteiger partial charge is 0.298 e. The molecule has 0 spiro atoms. The molecule has 2 N–H and O–H groups in total. The Hall–Kier alpha value is -3.75. The Balaban J connectivity index is 1.66. The van der Waals surface area contributed by atoms with Gasteiger partial charge in [-0.25, -0.2) is 8.42 Å². The van der Waals surface area contributed by atoms with Crippen LogP contribution in [0.15, 0.2) is 105 Å². The van der Waals surface area contributed by atoms with Gasteiger partial charge < -0.3 is 9.47 Å². The van der Waals surface area contributed by atoms with Gasteiger partial charge >= 0.3 is 0 Å². The van der Waals surface area contributed by atoms with Crippen molar-refractivity contribution in [3.05, 3.63) is 102 Å². The largest absolute Gasteiger partial charge is 0.488 e. The summed E-state index contributed by atoms with van der Waals surface area (Å²) in [7, 11) is -14.3. The molecule has 0 saturated heterocycles. The molecule has 10 nitrogen and oxygen atoms in total. The Morgan fingerprint density at radius 2 is 0.979 bits per heavy atom. The molecule has 48 heavy (non-hydrogen) atoms. The Labute approximate surface area is 283 Å². The van der Waals surface area contributed by atoms with Gasteiger partial charge in [-0.3, -0.25) is 9.11 Å². The molecule has 4 aromatic rings. The van der Waals surface area contributed by atoms with Crippen LogP contribution >= 0.6 is 0 Å². The van der Waals surface area contributed by atoms with E-state index >= 15 is 0 Å². The Morgan fingerprint density at radius 1 is 0.542 bits per heavy atom. The molecule has 0 aliphatic carbocycles. The summed E-state index contributed by atoms with van der Waals surface area (Å²) in [6.45, 7) is 15.1. The van der Waals surface area contributed by atoms with Gasteiger partial charge in [-0.15, -0.1) is 0 Å². The molecule has 0 bridgehead atoms. The first-order valence-electron chi connectivity index (χ1n) is 14.9. The second-order valence-electron chi connectivity index (χ2n) is 14.0. The zero-order chi connectivity index (χ0) is 36.1. The fourth-order valence-corrected chi connectivity index (χ4v) is 8.14. The van der Waals surface area contributed by atoms with Crippen molar-refractivity contribution < 1.29 is 43.8 Å². The van der Waals surface area contributed by atoms with Gasteiger partial charge in [0.25, 0.3) is 20.2 Å². The minimum absolute atomic E-state index is 0.185. The van der Waals surface area contributed by atoms with Crippen LogP contribution in [0.5, 0.6) is 17.2 Å². The van der Waals surface area contributed by atoms with Crippen LogP contribution in [0, 0.1) is 0 Å². The van der Waals surface area contributed by atoms with E-state index in [0.717, 1.165) is 41.1 Å². The van der Waals surface area contributed by atoms with Crippen molar-refractivity contribution in [3.8, 4) is 17.2 Å². The Kier molecular flexibility index (Phi) is 9.74. The standard InChI is InChI=1S/C35H40O10S3/c1-33(2,3)29-19-17-27(21-31(29)47(38,39)40)46(36,37)28-18-20-30(32(22-28)48(41,42)43)44-25-13-9-23(10-14-25)35(7,8)24-11-15-26(16-12-24)45-34(4,5)6/h9-22H,1-8H3,(H,38,39,40)(H,41,42,43). The summed E-state index contributed by atoms with van der Waals surface area (Å²) in [5.74, 6) is 0.639. The first kappa shape index (κ1) is 37.1. The Morgan fingerprint density at radius 3 is 1.42 bits per heavy atom. The highest BCUT2D eigenvalue weighted by Gasteiger charge is 2.30. The summed E-state index contributed by atoms with van der Waals surface area (Å²) >= 11 is 0. The molecule has 0 heterocycles. The zero-order valence-electron chi connectivity index (χ0n) is 28.0. The van der Waals surface area contributed by atoms with E-state index in [-0.39, 0.29) is 22.7 Å². The molecule has 0 amide bonds. The second kappa shape index (κ2) is 12.6.